The van der Waals surface area contributed by atoms with E-state index in [4.69, 9.17) is 9.47 Å². The molecule has 22 aromatic carbocycles. The second kappa shape index (κ2) is 28.8. The number of para-hydroxylation sites is 6. The highest BCUT2D eigenvalue weighted by atomic mass is 32.1. The van der Waals surface area contributed by atoms with Gasteiger partial charge in [-0.15, -0.1) is 22.7 Å². The fraction of sp³-hybridized carbons (Fsp3) is 0.0159. The molecule has 30 rings (SSSR count). The first-order valence-electron chi connectivity index (χ1n) is 46.0. The van der Waals surface area contributed by atoms with E-state index in [1.807, 2.05) is 22.7 Å². The lowest BCUT2D eigenvalue weighted by Gasteiger charge is -2.45. The number of thiophene rings is 2. The Hall–Kier alpha value is -16.9. The summed E-state index contributed by atoms with van der Waals surface area (Å²) in [4.78, 5) is 4.97. The molecule has 6 nitrogen and oxygen atoms in total. The summed E-state index contributed by atoms with van der Waals surface area (Å²) in [6.45, 7) is 0. The highest BCUT2D eigenvalue weighted by molar-refractivity contribution is 7.26. The van der Waals surface area contributed by atoms with Crippen LogP contribution in [0.1, 0.15) is 44.5 Å². The number of aromatic nitrogens is 2. The number of benzene rings is 22. The number of hydrogen-bond donors (Lipinski definition) is 0. The van der Waals surface area contributed by atoms with Crippen LogP contribution in [0, 0.1) is 0 Å². The molecule has 0 unspecified atom stereocenters. The summed E-state index contributed by atoms with van der Waals surface area (Å²) in [6.07, 6.45) is 0. The molecular formula is C126H76N4O2S2. The van der Waals surface area contributed by atoms with E-state index < -0.39 is 10.8 Å². The van der Waals surface area contributed by atoms with Crippen molar-refractivity contribution in [1.82, 2.24) is 9.13 Å². The van der Waals surface area contributed by atoms with Crippen LogP contribution < -0.4 is 19.3 Å². The summed E-state index contributed by atoms with van der Waals surface area (Å²) < 4.78 is 23.7. The first-order valence-corrected chi connectivity index (χ1v) is 47.6. The number of anilines is 6. The number of fused-ring (bicyclic) bond motifs is 30. The Morgan fingerprint density at radius 3 is 0.985 bits per heavy atom. The predicted molar refractivity (Wildman–Crippen MR) is 561 cm³/mol. The van der Waals surface area contributed by atoms with Crippen LogP contribution >= 0.6 is 22.7 Å². The fourth-order valence-corrected chi connectivity index (χ4v) is 26.0. The highest BCUT2D eigenvalue weighted by Gasteiger charge is 2.52. The van der Waals surface area contributed by atoms with Gasteiger partial charge in [0.2, 0.25) is 0 Å². The van der Waals surface area contributed by atoms with Gasteiger partial charge in [-0.1, -0.05) is 309 Å². The van der Waals surface area contributed by atoms with Crippen LogP contribution in [0.5, 0.6) is 23.0 Å². The quantitative estimate of drug-likeness (QED) is 0.152. The minimum atomic E-state index is -0.667. The first-order chi connectivity index (χ1) is 66.4. The van der Waals surface area contributed by atoms with E-state index in [1.54, 1.807) is 0 Å². The van der Waals surface area contributed by atoms with Crippen molar-refractivity contribution in [2.24, 2.45) is 0 Å². The van der Waals surface area contributed by atoms with Crippen molar-refractivity contribution in [2.45, 2.75) is 10.8 Å². The molecule has 0 saturated carbocycles. The van der Waals surface area contributed by atoms with Crippen LogP contribution in [0.4, 0.5) is 34.1 Å². The molecule has 2 aliphatic carbocycles. The van der Waals surface area contributed by atoms with Gasteiger partial charge < -0.3 is 28.4 Å². The SMILES string of the molecule is c1ccc2c(c1)Oc1ccccc1C21c2cc(N(c3ccc4c(c3)sc3ccccc34)c3ccc4c(c3)c3ccccc3n4-c3cccc4ccccc34)ccc2-c2cccc3cccc1c23.c1ccc2c(c1)Oc1ccccc1C21c2cc(N(c3ccc4sc5ccccc5c4c3)c3ccc4c(c3)c3ccccc3n4-c3cccc4ccccc34)ccc2-c2cccc3cccc1c23. The van der Waals surface area contributed by atoms with Crippen molar-refractivity contribution in [1.29, 1.82) is 0 Å². The van der Waals surface area contributed by atoms with Crippen molar-refractivity contribution in [3.05, 3.63) is 506 Å². The molecule has 4 aromatic heterocycles. The summed E-state index contributed by atoms with van der Waals surface area (Å²) in [5.74, 6) is 3.53. The van der Waals surface area contributed by atoms with Gasteiger partial charge in [-0.25, -0.2) is 0 Å². The molecule has 0 N–H and O–H groups in total. The van der Waals surface area contributed by atoms with Crippen LogP contribution in [0.3, 0.4) is 0 Å². The molecule has 26 aromatic rings. The van der Waals surface area contributed by atoms with Crippen LogP contribution in [-0.4, -0.2) is 9.13 Å². The van der Waals surface area contributed by atoms with Gasteiger partial charge in [0.05, 0.1) is 44.3 Å². The Balaban J connectivity index is 0.000000131. The minimum absolute atomic E-state index is 0.665. The number of hydrogen-bond acceptors (Lipinski definition) is 6. The van der Waals surface area contributed by atoms with E-state index in [1.165, 1.54) is 183 Å². The largest absolute Gasteiger partial charge is 0.457 e. The fourth-order valence-electron chi connectivity index (χ4n) is 23.8. The average Bonchev–Trinajstić information content (AvgIpc) is 0.760. The summed E-state index contributed by atoms with van der Waals surface area (Å²) in [6, 6.07) is 170. The Bertz CT molecular complexity index is 9440. The highest BCUT2D eigenvalue weighted by Crippen LogP contribution is 2.65. The van der Waals surface area contributed by atoms with E-state index in [2.05, 4.69) is 480 Å². The van der Waals surface area contributed by atoms with E-state index in [-0.39, 0.29) is 0 Å². The molecule has 624 valence electrons. The van der Waals surface area contributed by atoms with E-state index >= 15 is 0 Å². The zero-order chi connectivity index (χ0) is 87.6. The second-order valence-corrected chi connectivity index (χ2v) is 38.1. The van der Waals surface area contributed by atoms with Gasteiger partial charge in [-0.3, -0.25) is 0 Å². The maximum Gasteiger partial charge on any atom is 0.132 e. The molecule has 0 fully saturated rings. The summed E-state index contributed by atoms with van der Waals surface area (Å²) in [5, 5.41) is 19.9. The number of nitrogens with zero attached hydrogens (tertiary/aromatic N) is 4. The second-order valence-electron chi connectivity index (χ2n) is 35.9. The standard InChI is InChI=1S/2C63H38N2OS/c1-2-18-44-39(14-1)15-13-26-55(44)65-56-25-7-3-19-46(56)50-36-41(32-35-57(50)65)64(43-31-34-48-47-20-4-10-29-60(47)67-61(48)38-43)42-30-33-45-49-21-11-16-40-17-12-24-53(62(40)49)63(54(45)37-42)51-22-5-8-27-58(51)66-59-28-9-6-23-52(59)63;1-2-18-44-39(14-1)15-13-26-55(44)65-56-25-7-3-19-46(56)49-36-41(31-34-57(49)65)64(42-32-35-61-50(37-42)47-20-4-10-29-60(47)67-61)43-30-33-45-48-21-11-16-40-17-12-24-53(62(40)48)63(54(45)38-43)51-22-5-8-27-58(51)66-59-28-9-6-23-52(59)63/h2*1-38H. The summed E-state index contributed by atoms with van der Waals surface area (Å²) >= 11 is 3.72. The van der Waals surface area contributed by atoms with Gasteiger partial charge in [0.15, 0.2) is 0 Å². The third-order valence-corrected chi connectivity index (χ3v) is 31.5. The van der Waals surface area contributed by atoms with Gasteiger partial charge >= 0.3 is 0 Å². The molecular weight excluding hydrogens is 1670 g/mol. The smallest absolute Gasteiger partial charge is 0.132 e. The molecule has 0 bridgehead atoms. The minimum Gasteiger partial charge on any atom is -0.457 e. The molecule has 2 aliphatic heterocycles. The molecule has 134 heavy (non-hydrogen) atoms. The van der Waals surface area contributed by atoms with Gasteiger partial charge in [0, 0.05) is 129 Å². The Morgan fingerprint density at radius 1 is 0.187 bits per heavy atom. The molecule has 2 spiro atoms. The van der Waals surface area contributed by atoms with Crippen LogP contribution in [0.15, 0.2) is 461 Å². The van der Waals surface area contributed by atoms with Crippen molar-refractivity contribution in [3.8, 4) is 56.6 Å². The number of rotatable bonds is 8. The van der Waals surface area contributed by atoms with E-state index in [9.17, 15) is 0 Å². The lowest BCUT2D eigenvalue weighted by Crippen LogP contribution is -2.36. The summed E-state index contributed by atoms with van der Waals surface area (Å²) in [7, 11) is 0. The van der Waals surface area contributed by atoms with Gasteiger partial charge in [0.25, 0.3) is 0 Å². The zero-order valence-electron chi connectivity index (χ0n) is 72.3. The Labute approximate surface area is 779 Å². The van der Waals surface area contributed by atoms with Crippen LogP contribution in [0.2, 0.25) is 0 Å². The van der Waals surface area contributed by atoms with Gasteiger partial charge in [0.1, 0.15) is 23.0 Å². The van der Waals surface area contributed by atoms with Crippen molar-refractivity contribution in [2.75, 3.05) is 9.80 Å². The van der Waals surface area contributed by atoms with Crippen LogP contribution in [0.25, 0.3) is 161 Å². The van der Waals surface area contributed by atoms with Crippen LogP contribution in [-0.2, 0) is 10.8 Å². The third kappa shape index (κ3) is 10.7. The molecule has 0 radical (unpaired) electrons. The van der Waals surface area contributed by atoms with Gasteiger partial charge in [-0.2, -0.15) is 0 Å². The Kier molecular flexibility index (Phi) is 16.1. The Morgan fingerprint density at radius 2 is 0.500 bits per heavy atom. The molecule has 4 aliphatic rings. The average molecular weight is 1740 g/mol. The summed E-state index contributed by atoms with van der Waals surface area (Å²) in [5.41, 5.74) is 26.9. The van der Waals surface area contributed by atoms with Crippen molar-refractivity contribution < 1.29 is 9.47 Å². The lowest BCUT2D eigenvalue weighted by atomic mass is 9.58. The maximum absolute atomic E-state index is 6.81. The number of ether oxygens (including phenoxy) is 2. The molecule has 0 atom stereocenters. The zero-order valence-corrected chi connectivity index (χ0v) is 73.9. The van der Waals surface area contributed by atoms with Gasteiger partial charge in [-0.05, 0) is 228 Å². The van der Waals surface area contributed by atoms with Crippen molar-refractivity contribution in [3.63, 3.8) is 0 Å². The van der Waals surface area contributed by atoms with E-state index in [0.29, 0.717) is 0 Å². The molecule has 0 amide bonds. The van der Waals surface area contributed by atoms with E-state index in [0.717, 1.165) is 79.4 Å². The monoisotopic (exact) mass is 1740 g/mol. The van der Waals surface area contributed by atoms with Crippen molar-refractivity contribution >= 4 is 184 Å². The molecule has 6 heterocycles. The normalized spacial score (nSPS) is 13.3. The topological polar surface area (TPSA) is 34.8 Å². The molecule has 0 saturated heterocycles. The maximum atomic E-state index is 6.81. The lowest BCUT2D eigenvalue weighted by molar-refractivity contribution is 0.435. The predicted octanol–water partition coefficient (Wildman–Crippen LogP) is 34.8. The first kappa shape index (κ1) is 75.0. The third-order valence-electron chi connectivity index (χ3n) is 29.2. The molecule has 8 heteroatoms.